The number of allylic oxidation sites excluding steroid dienone is 4. The molecule has 0 amide bonds. The Balaban J connectivity index is 1.71. The lowest BCUT2D eigenvalue weighted by Crippen LogP contribution is -2.57. The van der Waals surface area contributed by atoms with Crippen LogP contribution in [0.5, 0.6) is 0 Å². The first kappa shape index (κ1) is 22.6. The summed E-state index contributed by atoms with van der Waals surface area (Å²) in [5, 5.41) is 3.39. The van der Waals surface area contributed by atoms with Crippen molar-refractivity contribution < 1.29 is 26.3 Å². The lowest BCUT2D eigenvalue weighted by atomic mass is 9.68. The van der Waals surface area contributed by atoms with Gasteiger partial charge in [-0.2, -0.15) is 26.3 Å². The molecular weight excluding hydrogens is 484 g/mol. The predicted octanol–water partition coefficient (Wildman–Crippen LogP) is 7.67. The van der Waals surface area contributed by atoms with Crippen LogP contribution in [-0.2, 0) is 0 Å². The average molecular weight is 504 g/mol. The van der Waals surface area contributed by atoms with E-state index in [4.69, 9.17) is 0 Å². The molecule has 0 bridgehead atoms. The Morgan fingerprint density at radius 1 is 0.657 bits per heavy atom. The van der Waals surface area contributed by atoms with Gasteiger partial charge in [-0.25, -0.2) is 0 Å². The zero-order valence-corrected chi connectivity index (χ0v) is 19.4. The summed E-state index contributed by atoms with van der Waals surface area (Å²) in [6.45, 7) is 3.33. The van der Waals surface area contributed by atoms with Gasteiger partial charge in [0.15, 0.2) is 0 Å². The average Bonchev–Trinajstić information content (AvgIpc) is 3.14. The highest BCUT2D eigenvalue weighted by Gasteiger charge is 2.84. The molecule has 1 nitrogen and oxygen atoms in total. The summed E-state index contributed by atoms with van der Waals surface area (Å²) in [5.74, 6) is -15.6. The zero-order valence-electron chi connectivity index (χ0n) is 18.6. The van der Waals surface area contributed by atoms with E-state index in [1.807, 2.05) is 0 Å². The maximum absolute atomic E-state index is 15.2. The largest absolute Gasteiger partial charge is 0.380 e. The standard InChI is InChI=1S/C27H19F6NS/c1-23-17-13-19(15-9-5-3-6-10-15)34-24(23,2)35-20(16-11-7-4-8-12-16)14-18(23)22-21(17)25(28,29)27(32,33)26(22,30)31/h3-14,34H,1-2H3/t23-,24-/m1/s1. The van der Waals surface area contributed by atoms with E-state index >= 15 is 17.6 Å². The maximum Gasteiger partial charge on any atom is 0.380 e. The fraction of sp³-hybridized carbons (Fsp3) is 0.259. The summed E-state index contributed by atoms with van der Waals surface area (Å²) in [4.78, 5) is -0.589. The normalized spacial score (nSPS) is 31.4. The molecule has 2 aromatic rings. The fourth-order valence-corrected chi connectivity index (χ4v) is 7.07. The number of halogens is 6. The van der Waals surface area contributed by atoms with Crippen molar-refractivity contribution in [2.45, 2.75) is 36.5 Å². The molecule has 1 fully saturated rings. The van der Waals surface area contributed by atoms with E-state index in [1.165, 1.54) is 23.9 Å². The second-order valence-corrected chi connectivity index (χ2v) is 10.9. The fourth-order valence-electron chi connectivity index (χ4n) is 5.61. The third-order valence-electron chi connectivity index (χ3n) is 7.63. The van der Waals surface area contributed by atoms with Crippen LogP contribution in [0.1, 0.15) is 25.0 Å². The molecule has 2 aliphatic carbocycles. The highest BCUT2D eigenvalue weighted by molar-refractivity contribution is 8.09. The van der Waals surface area contributed by atoms with Crippen LogP contribution in [0, 0.1) is 5.41 Å². The molecule has 1 N–H and O–H groups in total. The summed E-state index contributed by atoms with van der Waals surface area (Å²) in [6.07, 6.45) is 2.73. The predicted molar refractivity (Wildman–Crippen MR) is 125 cm³/mol. The molecule has 2 heterocycles. The minimum absolute atomic E-state index is 0.194. The van der Waals surface area contributed by atoms with Gasteiger partial charge in [0.2, 0.25) is 0 Å². The van der Waals surface area contributed by atoms with E-state index < -0.39 is 39.2 Å². The number of alkyl halides is 6. The first-order chi connectivity index (χ1) is 16.4. The van der Waals surface area contributed by atoms with E-state index in [-0.39, 0.29) is 11.1 Å². The number of rotatable bonds is 2. The summed E-state index contributed by atoms with van der Waals surface area (Å²) in [6, 6.07) is 17.7. The van der Waals surface area contributed by atoms with Crippen molar-refractivity contribution >= 4 is 22.4 Å². The van der Waals surface area contributed by atoms with Crippen molar-refractivity contribution in [3.8, 4) is 0 Å². The molecule has 35 heavy (non-hydrogen) atoms. The van der Waals surface area contributed by atoms with Crippen molar-refractivity contribution in [3.63, 3.8) is 0 Å². The zero-order chi connectivity index (χ0) is 25.0. The van der Waals surface area contributed by atoms with Crippen LogP contribution in [-0.4, -0.2) is 22.6 Å². The molecule has 4 aliphatic rings. The van der Waals surface area contributed by atoms with Crippen LogP contribution in [0.2, 0.25) is 0 Å². The molecular formula is C27H19F6NS. The number of hydrogen-bond donors (Lipinski definition) is 1. The van der Waals surface area contributed by atoms with Gasteiger partial charge in [0.25, 0.3) is 0 Å². The van der Waals surface area contributed by atoms with Crippen LogP contribution in [0.3, 0.4) is 0 Å². The molecule has 2 aliphatic heterocycles. The van der Waals surface area contributed by atoms with Gasteiger partial charge in [-0.05, 0) is 48.3 Å². The molecule has 1 saturated carbocycles. The van der Waals surface area contributed by atoms with Crippen LogP contribution in [0.4, 0.5) is 26.3 Å². The number of nitrogens with one attached hydrogen (secondary N) is 1. The van der Waals surface area contributed by atoms with Crippen LogP contribution in [0.25, 0.3) is 10.6 Å². The Bertz CT molecular complexity index is 1290. The van der Waals surface area contributed by atoms with Gasteiger partial charge in [0.1, 0.15) is 0 Å². The third-order valence-corrected chi connectivity index (χ3v) is 9.12. The number of hydrogen-bond acceptors (Lipinski definition) is 2. The molecule has 6 rings (SSSR count). The molecule has 8 heteroatoms. The number of benzene rings is 2. The first-order valence-corrected chi connectivity index (χ1v) is 11.8. The lowest BCUT2D eigenvalue weighted by molar-refractivity contribution is -0.258. The summed E-state index contributed by atoms with van der Waals surface area (Å²) in [5.41, 5.74) is -2.57. The Morgan fingerprint density at radius 3 is 1.69 bits per heavy atom. The van der Waals surface area contributed by atoms with Crippen LogP contribution in [0.15, 0.2) is 95.1 Å². The van der Waals surface area contributed by atoms with Gasteiger partial charge in [0, 0.05) is 21.7 Å². The van der Waals surface area contributed by atoms with Gasteiger partial charge in [-0.1, -0.05) is 72.4 Å². The second-order valence-electron chi connectivity index (χ2n) is 9.48. The van der Waals surface area contributed by atoms with Crippen LogP contribution < -0.4 is 5.32 Å². The van der Waals surface area contributed by atoms with E-state index in [9.17, 15) is 8.78 Å². The Morgan fingerprint density at radius 2 is 1.14 bits per heavy atom. The monoisotopic (exact) mass is 503 g/mol. The quantitative estimate of drug-likeness (QED) is 0.422. The molecule has 2 aromatic carbocycles. The van der Waals surface area contributed by atoms with Crippen molar-refractivity contribution in [2.24, 2.45) is 5.41 Å². The van der Waals surface area contributed by atoms with Crippen molar-refractivity contribution in [1.82, 2.24) is 5.32 Å². The van der Waals surface area contributed by atoms with Crippen molar-refractivity contribution in [3.05, 3.63) is 106 Å². The summed E-state index contributed by atoms with van der Waals surface area (Å²) in [7, 11) is 0. The minimum atomic E-state index is -5.54. The molecule has 0 aromatic heterocycles. The SMILES string of the molecule is C[C@@]12C3=C4C(=C1C=C(c1ccccc1)S[C@@]2(C)NC(c1ccccc1)=C3)C(F)(F)C(F)(F)C4(F)F. The van der Waals surface area contributed by atoms with Crippen LogP contribution >= 0.6 is 11.8 Å². The summed E-state index contributed by atoms with van der Waals surface area (Å²) < 4.78 is 90.3. The Kier molecular flexibility index (Phi) is 4.30. The maximum atomic E-state index is 15.2. The minimum Gasteiger partial charge on any atom is -0.369 e. The molecule has 0 unspecified atom stereocenters. The summed E-state index contributed by atoms with van der Waals surface area (Å²) >= 11 is 1.32. The van der Waals surface area contributed by atoms with E-state index in [0.29, 0.717) is 21.7 Å². The Hall–Kier alpha value is -2.87. The van der Waals surface area contributed by atoms with E-state index in [2.05, 4.69) is 5.32 Å². The van der Waals surface area contributed by atoms with Gasteiger partial charge in [0.05, 0.1) is 10.3 Å². The highest BCUT2D eigenvalue weighted by atomic mass is 32.2. The molecule has 0 saturated heterocycles. The van der Waals surface area contributed by atoms with Crippen molar-refractivity contribution in [2.75, 3.05) is 0 Å². The van der Waals surface area contributed by atoms with Crippen molar-refractivity contribution in [1.29, 1.82) is 0 Å². The number of thioether (sulfide) groups is 1. The first-order valence-electron chi connectivity index (χ1n) is 11.0. The Labute approximate surface area is 202 Å². The third kappa shape index (κ3) is 2.53. The topological polar surface area (TPSA) is 12.0 Å². The van der Waals surface area contributed by atoms with E-state index in [1.54, 1.807) is 74.5 Å². The molecule has 0 radical (unpaired) electrons. The second kappa shape index (κ2) is 6.66. The number of fused-ring (bicyclic) bond motifs is 1. The van der Waals surface area contributed by atoms with Gasteiger partial charge in [-0.3, -0.25) is 0 Å². The molecule has 0 spiro atoms. The molecule has 2 atom stereocenters. The highest BCUT2D eigenvalue weighted by Crippen LogP contribution is 2.74. The molecule has 180 valence electrons. The lowest BCUT2D eigenvalue weighted by Gasteiger charge is -2.53. The van der Waals surface area contributed by atoms with Gasteiger partial charge in [-0.15, -0.1) is 0 Å². The van der Waals surface area contributed by atoms with E-state index in [0.717, 1.165) is 0 Å². The van der Waals surface area contributed by atoms with Gasteiger partial charge < -0.3 is 5.32 Å². The smallest absolute Gasteiger partial charge is 0.369 e. The van der Waals surface area contributed by atoms with Gasteiger partial charge >= 0.3 is 17.8 Å².